The molecule has 1 aliphatic rings. The van der Waals surface area contributed by atoms with Gasteiger partial charge in [0.15, 0.2) is 0 Å². The maximum absolute atomic E-state index is 12.9. The van der Waals surface area contributed by atoms with E-state index in [1.165, 1.54) is 6.07 Å². The minimum Gasteiger partial charge on any atom is -0.492 e. The normalized spacial score (nSPS) is 16.5. The van der Waals surface area contributed by atoms with E-state index in [4.69, 9.17) is 16.3 Å². The number of halogens is 1. The number of sulfonamides is 1. The molecule has 0 bridgehead atoms. The molecule has 0 atom stereocenters. The van der Waals surface area contributed by atoms with Crippen LogP contribution in [0, 0.1) is 6.92 Å². The van der Waals surface area contributed by atoms with Gasteiger partial charge in [0.1, 0.15) is 12.4 Å². The Labute approximate surface area is 160 Å². The number of benzene rings is 2. The molecule has 0 aromatic heterocycles. The van der Waals surface area contributed by atoms with Crippen LogP contribution in [0.1, 0.15) is 5.56 Å². The second kappa shape index (κ2) is 8.39. The zero-order chi connectivity index (χ0) is 18.6. The lowest BCUT2D eigenvalue weighted by Gasteiger charge is -2.34. The van der Waals surface area contributed by atoms with Crippen LogP contribution in [0.2, 0.25) is 5.02 Å². The minimum absolute atomic E-state index is 0.297. The van der Waals surface area contributed by atoms with Crippen LogP contribution in [0.25, 0.3) is 0 Å². The van der Waals surface area contributed by atoms with Gasteiger partial charge in [0.2, 0.25) is 10.0 Å². The van der Waals surface area contributed by atoms with Gasteiger partial charge in [0.05, 0.1) is 4.90 Å². The maximum Gasteiger partial charge on any atom is 0.243 e. The van der Waals surface area contributed by atoms with Gasteiger partial charge in [-0.3, -0.25) is 4.90 Å². The monoisotopic (exact) mass is 394 g/mol. The van der Waals surface area contributed by atoms with Crippen LogP contribution < -0.4 is 4.74 Å². The summed E-state index contributed by atoms with van der Waals surface area (Å²) < 4.78 is 33.0. The standard InChI is InChI=1S/C19H23ClN2O3S/c1-16-7-8-17(20)15-19(16)26(23,24)22-11-9-21(10-12-22)13-14-25-18-5-3-2-4-6-18/h2-8,15H,9-14H2,1H3. The molecule has 2 aromatic rings. The highest BCUT2D eigenvalue weighted by atomic mass is 35.5. The summed E-state index contributed by atoms with van der Waals surface area (Å²) in [6, 6.07) is 14.7. The molecule has 1 saturated heterocycles. The van der Waals surface area contributed by atoms with Crippen molar-refractivity contribution in [2.75, 3.05) is 39.3 Å². The van der Waals surface area contributed by atoms with E-state index in [2.05, 4.69) is 4.90 Å². The average molecular weight is 395 g/mol. The summed E-state index contributed by atoms with van der Waals surface area (Å²) in [5, 5.41) is 0.436. The average Bonchev–Trinajstić information content (AvgIpc) is 2.65. The fourth-order valence-electron chi connectivity index (χ4n) is 2.99. The SMILES string of the molecule is Cc1ccc(Cl)cc1S(=O)(=O)N1CCN(CCOc2ccccc2)CC1. The molecule has 0 amide bonds. The van der Waals surface area contributed by atoms with Gasteiger partial charge in [-0.2, -0.15) is 4.31 Å². The Hall–Kier alpha value is -1.60. The van der Waals surface area contributed by atoms with Crippen molar-refractivity contribution in [2.24, 2.45) is 0 Å². The second-order valence-electron chi connectivity index (χ2n) is 6.32. The van der Waals surface area contributed by atoms with Crippen molar-refractivity contribution in [1.82, 2.24) is 9.21 Å². The second-order valence-corrected chi connectivity index (χ2v) is 8.66. The van der Waals surface area contributed by atoms with Crippen molar-refractivity contribution in [3.05, 3.63) is 59.1 Å². The number of para-hydroxylation sites is 1. The van der Waals surface area contributed by atoms with Crippen LogP contribution in [0.4, 0.5) is 0 Å². The number of nitrogens with zero attached hydrogens (tertiary/aromatic N) is 2. The molecule has 1 aliphatic heterocycles. The Morgan fingerprint density at radius 1 is 1.04 bits per heavy atom. The highest BCUT2D eigenvalue weighted by Crippen LogP contribution is 2.24. The van der Waals surface area contributed by atoms with Crippen LogP contribution >= 0.6 is 11.6 Å². The fraction of sp³-hybridized carbons (Fsp3) is 0.368. The molecule has 3 rings (SSSR count). The van der Waals surface area contributed by atoms with Gasteiger partial charge in [-0.15, -0.1) is 0 Å². The molecule has 0 spiro atoms. The summed E-state index contributed by atoms with van der Waals surface area (Å²) in [6.07, 6.45) is 0. The van der Waals surface area contributed by atoms with Crippen LogP contribution in [0.15, 0.2) is 53.4 Å². The summed E-state index contributed by atoms with van der Waals surface area (Å²) in [5.74, 6) is 0.852. The lowest BCUT2D eigenvalue weighted by molar-refractivity contribution is 0.159. The molecule has 0 saturated carbocycles. The molecule has 0 N–H and O–H groups in total. The number of piperazine rings is 1. The van der Waals surface area contributed by atoms with E-state index in [9.17, 15) is 8.42 Å². The minimum atomic E-state index is -3.51. The Morgan fingerprint density at radius 2 is 1.73 bits per heavy atom. The van der Waals surface area contributed by atoms with Gasteiger partial charge in [-0.25, -0.2) is 8.42 Å². The van der Waals surface area contributed by atoms with Crippen LogP contribution in [-0.4, -0.2) is 57.0 Å². The molecule has 2 aromatic carbocycles. The molecule has 5 nitrogen and oxygen atoms in total. The van der Waals surface area contributed by atoms with E-state index in [0.717, 1.165) is 12.3 Å². The molecule has 0 radical (unpaired) electrons. The lowest BCUT2D eigenvalue weighted by Crippen LogP contribution is -2.49. The summed E-state index contributed by atoms with van der Waals surface area (Å²) in [6.45, 7) is 5.48. The number of rotatable bonds is 6. The first-order valence-corrected chi connectivity index (χ1v) is 10.4. The fourth-order valence-corrected chi connectivity index (χ4v) is 4.90. The Balaban J connectivity index is 1.53. The number of ether oxygens (including phenoxy) is 1. The summed E-state index contributed by atoms with van der Waals surface area (Å²) in [5.41, 5.74) is 0.716. The molecular weight excluding hydrogens is 372 g/mol. The first-order chi connectivity index (χ1) is 12.5. The molecule has 1 fully saturated rings. The van der Waals surface area contributed by atoms with E-state index in [1.807, 2.05) is 30.3 Å². The summed E-state index contributed by atoms with van der Waals surface area (Å²) in [4.78, 5) is 2.52. The van der Waals surface area contributed by atoms with Gasteiger partial charge < -0.3 is 4.74 Å². The molecule has 0 aliphatic carbocycles. The van der Waals surface area contributed by atoms with E-state index >= 15 is 0 Å². The molecule has 1 heterocycles. The van der Waals surface area contributed by atoms with Crippen molar-refractivity contribution < 1.29 is 13.2 Å². The lowest BCUT2D eigenvalue weighted by atomic mass is 10.2. The number of hydrogen-bond donors (Lipinski definition) is 0. The molecule has 140 valence electrons. The third kappa shape index (κ3) is 4.57. The van der Waals surface area contributed by atoms with Gasteiger partial charge in [-0.1, -0.05) is 35.9 Å². The highest BCUT2D eigenvalue weighted by molar-refractivity contribution is 7.89. The van der Waals surface area contributed by atoms with E-state index < -0.39 is 10.0 Å². The van der Waals surface area contributed by atoms with E-state index in [1.54, 1.807) is 23.4 Å². The number of hydrogen-bond acceptors (Lipinski definition) is 4. The zero-order valence-electron chi connectivity index (χ0n) is 14.8. The van der Waals surface area contributed by atoms with Gasteiger partial charge in [0.25, 0.3) is 0 Å². The topological polar surface area (TPSA) is 49.9 Å². The molecule has 7 heteroatoms. The van der Waals surface area contributed by atoms with Crippen molar-refractivity contribution >= 4 is 21.6 Å². The van der Waals surface area contributed by atoms with Crippen LogP contribution in [-0.2, 0) is 10.0 Å². The van der Waals surface area contributed by atoms with Gasteiger partial charge >= 0.3 is 0 Å². The Kier molecular flexibility index (Phi) is 6.19. The molecule has 0 unspecified atom stereocenters. The Morgan fingerprint density at radius 3 is 2.42 bits per heavy atom. The Bertz CT molecular complexity index is 835. The third-order valence-electron chi connectivity index (χ3n) is 4.52. The van der Waals surface area contributed by atoms with Crippen molar-refractivity contribution in [2.45, 2.75) is 11.8 Å². The quantitative estimate of drug-likeness (QED) is 0.755. The number of aryl methyl sites for hydroxylation is 1. The van der Waals surface area contributed by atoms with E-state index in [-0.39, 0.29) is 0 Å². The van der Waals surface area contributed by atoms with Crippen LogP contribution in [0.5, 0.6) is 5.75 Å². The first-order valence-electron chi connectivity index (χ1n) is 8.63. The predicted octanol–water partition coefficient (Wildman–Crippen LogP) is 3.03. The highest BCUT2D eigenvalue weighted by Gasteiger charge is 2.29. The van der Waals surface area contributed by atoms with Crippen molar-refractivity contribution in [3.63, 3.8) is 0 Å². The van der Waals surface area contributed by atoms with Crippen LogP contribution in [0.3, 0.4) is 0 Å². The third-order valence-corrected chi connectivity index (χ3v) is 6.79. The largest absolute Gasteiger partial charge is 0.492 e. The smallest absolute Gasteiger partial charge is 0.243 e. The maximum atomic E-state index is 12.9. The predicted molar refractivity (Wildman–Crippen MR) is 103 cm³/mol. The van der Waals surface area contributed by atoms with Gasteiger partial charge in [-0.05, 0) is 36.8 Å². The first kappa shape index (κ1) is 19.2. The molecular formula is C19H23ClN2O3S. The van der Waals surface area contributed by atoms with Crippen molar-refractivity contribution in [1.29, 1.82) is 0 Å². The van der Waals surface area contributed by atoms with Crippen molar-refractivity contribution in [3.8, 4) is 5.75 Å². The summed E-state index contributed by atoms with van der Waals surface area (Å²) >= 11 is 5.99. The van der Waals surface area contributed by atoms with E-state index in [0.29, 0.717) is 48.3 Å². The zero-order valence-corrected chi connectivity index (χ0v) is 16.3. The van der Waals surface area contributed by atoms with Gasteiger partial charge in [0, 0.05) is 37.7 Å². The summed E-state index contributed by atoms with van der Waals surface area (Å²) in [7, 11) is -3.51. The molecule has 26 heavy (non-hydrogen) atoms.